The summed E-state index contributed by atoms with van der Waals surface area (Å²) in [5.74, 6) is 0.246. The number of hydrogen-bond donors (Lipinski definition) is 1. The van der Waals surface area contributed by atoms with Crippen molar-refractivity contribution >= 4 is 35.0 Å². The van der Waals surface area contributed by atoms with Crippen LogP contribution in [0.25, 0.3) is 0 Å². The molecule has 0 radical (unpaired) electrons. The number of ether oxygens (including phenoxy) is 1. The van der Waals surface area contributed by atoms with Crippen LogP contribution in [0.1, 0.15) is 10.9 Å². The second kappa shape index (κ2) is 9.00. The molecule has 7 heteroatoms. The summed E-state index contributed by atoms with van der Waals surface area (Å²) in [4.78, 5) is 26.1. The van der Waals surface area contributed by atoms with E-state index in [0.29, 0.717) is 22.9 Å². The first-order valence-electron chi connectivity index (χ1n) is 9.37. The number of rotatable bonds is 6. The Labute approximate surface area is 177 Å². The van der Waals surface area contributed by atoms with Crippen molar-refractivity contribution in [3.63, 3.8) is 0 Å². The lowest BCUT2D eigenvalue weighted by atomic mass is 10.1. The van der Waals surface area contributed by atoms with E-state index in [4.69, 9.17) is 4.74 Å². The van der Waals surface area contributed by atoms with Crippen LogP contribution in [0.15, 0.2) is 78.9 Å². The van der Waals surface area contributed by atoms with Crippen molar-refractivity contribution in [2.24, 2.45) is 0 Å². The second-order valence-corrected chi connectivity index (χ2v) is 7.75. The average Bonchev–Trinajstić information content (AvgIpc) is 3.15. The maximum absolute atomic E-state index is 13.6. The van der Waals surface area contributed by atoms with E-state index in [9.17, 15) is 14.0 Å². The Morgan fingerprint density at radius 1 is 1.07 bits per heavy atom. The summed E-state index contributed by atoms with van der Waals surface area (Å²) >= 11 is 1.48. The highest BCUT2D eigenvalue weighted by Gasteiger charge is 2.34. The Balaban J connectivity index is 1.41. The molecule has 1 heterocycles. The zero-order chi connectivity index (χ0) is 20.9. The van der Waals surface area contributed by atoms with Crippen LogP contribution in [0.2, 0.25) is 0 Å². The van der Waals surface area contributed by atoms with Crippen molar-refractivity contribution in [1.29, 1.82) is 0 Å². The van der Waals surface area contributed by atoms with Crippen LogP contribution in [0.5, 0.6) is 5.75 Å². The number of nitrogens with one attached hydrogen (secondary N) is 1. The molecule has 0 spiro atoms. The highest BCUT2D eigenvalue weighted by molar-refractivity contribution is 8.00. The topological polar surface area (TPSA) is 58.6 Å². The lowest BCUT2D eigenvalue weighted by Crippen LogP contribution is -2.27. The van der Waals surface area contributed by atoms with E-state index in [0.717, 1.165) is 5.56 Å². The van der Waals surface area contributed by atoms with Crippen molar-refractivity contribution in [3.05, 3.63) is 90.2 Å². The van der Waals surface area contributed by atoms with Gasteiger partial charge in [0.25, 0.3) is 5.91 Å². The molecule has 152 valence electrons. The average molecular weight is 422 g/mol. The summed E-state index contributed by atoms with van der Waals surface area (Å²) in [6.07, 6.45) is 0. The molecule has 3 aromatic rings. The van der Waals surface area contributed by atoms with Crippen molar-refractivity contribution < 1.29 is 18.7 Å². The summed E-state index contributed by atoms with van der Waals surface area (Å²) in [6.45, 7) is -0.0912. The molecule has 5 nitrogen and oxygen atoms in total. The molecule has 1 saturated heterocycles. The third-order valence-corrected chi connectivity index (χ3v) is 5.76. The van der Waals surface area contributed by atoms with Gasteiger partial charge in [0, 0.05) is 11.4 Å². The van der Waals surface area contributed by atoms with Crippen LogP contribution in [-0.4, -0.2) is 24.2 Å². The molecule has 1 aliphatic rings. The largest absolute Gasteiger partial charge is 0.484 e. The lowest BCUT2D eigenvalue weighted by molar-refractivity contribution is -0.118. The summed E-state index contributed by atoms with van der Waals surface area (Å²) in [5.41, 5.74) is 2.06. The Hall–Kier alpha value is -3.32. The number of anilines is 2. The number of carbonyl (C=O) groups is 2. The number of para-hydroxylation sites is 1. The van der Waals surface area contributed by atoms with Crippen molar-refractivity contribution in [2.45, 2.75) is 5.37 Å². The van der Waals surface area contributed by atoms with Gasteiger partial charge in [-0.3, -0.25) is 14.5 Å². The van der Waals surface area contributed by atoms with Crippen molar-refractivity contribution in [3.8, 4) is 5.75 Å². The number of thioether (sulfide) groups is 1. The van der Waals surface area contributed by atoms with Crippen molar-refractivity contribution in [2.75, 3.05) is 22.6 Å². The third kappa shape index (κ3) is 4.63. The number of nitrogens with zero attached hydrogens (tertiary/aromatic N) is 1. The van der Waals surface area contributed by atoms with Crippen LogP contribution in [0.4, 0.5) is 15.8 Å². The van der Waals surface area contributed by atoms with Gasteiger partial charge in [0.15, 0.2) is 6.61 Å². The molecule has 2 amide bonds. The van der Waals surface area contributed by atoms with Gasteiger partial charge in [-0.15, -0.1) is 11.8 Å². The van der Waals surface area contributed by atoms with Crippen molar-refractivity contribution in [1.82, 2.24) is 0 Å². The molecule has 1 N–H and O–H groups in total. The second-order valence-electron chi connectivity index (χ2n) is 6.68. The first kappa shape index (κ1) is 20.0. The van der Waals surface area contributed by atoms with Crippen LogP contribution < -0.4 is 15.0 Å². The fraction of sp³-hybridized carbons (Fsp3) is 0.130. The van der Waals surface area contributed by atoms with Crippen LogP contribution in [0.3, 0.4) is 0 Å². The maximum atomic E-state index is 13.6. The van der Waals surface area contributed by atoms with E-state index in [1.54, 1.807) is 41.3 Å². The minimum Gasteiger partial charge on any atom is -0.484 e. The summed E-state index contributed by atoms with van der Waals surface area (Å²) < 4.78 is 19.1. The number of hydrogen-bond acceptors (Lipinski definition) is 4. The molecule has 4 rings (SSSR count). The first-order valence-corrected chi connectivity index (χ1v) is 10.4. The SMILES string of the molecule is O=C(COc1ccccc1)Nc1ccc(C2SCC(=O)N2c2cccc(F)c2)cc1. The van der Waals surface area contributed by atoms with E-state index >= 15 is 0 Å². The number of carbonyl (C=O) groups excluding carboxylic acids is 2. The third-order valence-electron chi connectivity index (χ3n) is 4.55. The molecule has 0 aromatic heterocycles. The highest BCUT2D eigenvalue weighted by atomic mass is 32.2. The number of halogens is 1. The molecule has 3 aromatic carbocycles. The minimum atomic E-state index is -0.383. The molecule has 0 aliphatic carbocycles. The zero-order valence-electron chi connectivity index (χ0n) is 16.0. The van der Waals surface area contributed by atoms with E-state index in [1.165, 1.54) is 23.9 Å². The first-order chi connectivity index (χ1) is 14.6. The molecule has 1 aliphatic heterocycles. The standard InChI is InChI=1S/C23H19FN2O3S/c24-17-5-4-6-19(13-17)26-22(28)15-30-23(26)16-9-11-18(12-10-16)25-21(27)14-29-20-7-2-1-3-8-20/h1-13,23H,14-15H2,(H,25,27). The fourth-order valence-corrected chi connectivity index (χ4v) is 4.35. The van der Waals surface area contributed by atoms with Gasteiger partial charge in [-0.25, -0.2) is 4.39 Å². The molecule has 1 unspecified atom stereocenters. The Morgan fingerprint density at radius 2 is 1.83 bits per heavy atom. The van der Waals surface area contributed by atoms with Gasteiger partial charge >= 0.3 is 0 Å². The van der Waals surface area contributed by atoms with E-state index in [-0.39, 0.29) is 29.6 Å². The quantitative estimate of drug-likeness (QED) is 0.630. The minimum absolute atomic E-state index is 0.0639. The summed E-state index contributed by atoms with van der Waals surface area (Å²) in [5, 5.41) is 2.54. The molecule has 0 bridgehead atoms. The van der Waals surface area contributed by atoms with E-state index < -0.39 is 0 Å². The van der Waals surface area contributed by atoms with Crippen LogP contribution in [-0.2, 0) is 9.59 Å². The Morgan fingerprint density at radius 3 is 2.57 bits per heavy atom. The smallest absolute Gasteiger partial charge is 0.262 e. The van der Waals surface area contributed by atoms with E-state index in [1.807, 2.05) is 30.3 Å². The summed E-state index contributed by atoms with van der Waals surface area (Å²) in [6, 6.07) is 22.4. The lowest BCUT2D eigenvalue weighted by Gasteiger charge is -2.24. The van der Waals surface area contributed by atoms with Gasteiger partial charge in [0.05, 0.1) is 5.75 Å². The van der Waals surface area contributed by atoms with Gasteiger partial charge in [0.1, 0.15) is 16.9 Å². The molecule has 1 atom stereocenters. The van der Waals surface area contributed by atoms with Gasteiger partial charge in [-0.2, -0.15) is 0 Å². The summed E-state index contributed by atoms with van der Waals surface area (Å²) in [7, 11) is 0. The molecule has 0 saturated carbocycles. The van der Waals surface area contributed by atoms with Crippen LogP contribution in [0, 0.1) is 5.82 Å². The normalized spacial score (nSPS) is 15.8. The molecule has 30 heavy (non-hydrogen) atoms. The fourth-order valence-electron chi connectivity index (χ4n) is 3.17. The predicted molar refractivity (Wildman–Crippen MR) is 116 cm³/mol. The zero-order valence-corrected chi connectivity index (χ0v) is 16.8. The molecule has 1 fully saturated rings. The van der Waals surface area contributed by atoms with E-state index in [2.05, 4.69) is 5.32 Å². The monoisotopic (exact) mass is 422 g/mol. The number of amides is 2. The van der Waals surface area contributed by atoms with Gasteiger partial charge < -0.3 is 10.1 Å². The highest BCUT2D eigenvalue weighted by Crippen LogP contribution is 2.42. The predicted octanol–water partition coefficient (Wildman–Crippen LogP) is 4.62. The number of benzene rings is 3. The van der Waals surface area contributed by atoms with Gasteiger partial charge in [0.2, 0.25) is 5.91 Å². The van der Waals surface area contributed by atoms with Crippen LogP contribution >= 0.6 is 11.8 Å². The Kier molecular flexibility index (Phi) is 5.99. The van der Waals surface area contributed by atoms with Gasteiger partial charge in [-0.05, 0) is 48.0 Å². The maximum Gasteiger partial charge on any atom is 0.262 e. The molecular weight excluding hydrogens is 403 g/mol. The Bertz CT molecular complexity index is 1040. The van der Waals surface area contributed by atoms with Gasteiger partial charge in [-0.1, -0.05) is 36.4 Å². The molecular formula is C23H19FN2O3S.